The fourth-order valence-electron chi connectivity index (χ4n) is 4.02. The minimum atomic E-state index is -3.30. The lowest BCUT2D eigenvalue weighted by atomic mass is 10.0. The SMILES string of the molecule is CS(=O)(=O)c1ccc(-c2noc([C@H]3CCCN3C(=O)C[C@H](N)Cc3ccccc3F)n2)cc1.Cl. The van der Waals surface area contributed by atoms with E-state index in [1.807, 2.05) is 0 Å². The molecule has 2 atom stereocenters. The Morgan fingerprint density at radius 2 is 1.94 bits per heavy atom. The molecule has 2 heterocycles. The molecule has 0 bridgehead atoms. The Morgan fingerprint density at radius 3 is 2.62 bits per heavy atom. The van der Waals surface area contributed by atoms with Crippen LogP contribution in [0.5, 0.6) is 0 Å². The van der Waals surface area contributed by atoms with E-state index in [2.05, 4.69) is 10.1 Å². The molecule has 1 aliphatic heterocycles. The summed E-state index contributed by atoms with van der Waals surface area (Å²) >= 11 is 0. The number of benzene rings is 2. The largest absolute Gasteiger partial charge is 0.337 e. The highest BCUT2D eigenvalue weighted by Crippen LogP contribution is 2.33. The first-order valence-corrected chi connectivity index (χ1v) is 12.5. The first kappa shape index (κ1) is 25.8. The highest BCUT2D eigenvalue weighted by atomic mass is 35.5. The standard InChI is InChI=1S/C23H25FN4O4S.ClH/c1-33(30,31)18-10-8-15(9-11-18)22-26-23(32-27-22)20-7-4-12-28(20)21(29)14-17(25)13-16-5-2-3-6-19(16)24;/h2-3,5-6,8-11,17,20H,4,7,12-14,25H2,1H3;1H/t17-,20-;/m1./s1. The number of sulfone groups is 1. The smallest absolute Gasteiger partial charge is 0.249 e. The molecule has 0 unspecified atom stereocenters. The van der Waals surface area contributed by atoms with Gasteiger partial charge in [-0.05, 0) is 55.2 Å². The van der Waals surface area contributed by atoms with Gasteiger partial charge in [0.25, 0.3) is 0 Å². The van der Waals surface area contributed by atoms with Gasteiger partial charge in [-0.15, -0.1) is 12.4 Å². The third-order valence-electron chi connectivity index (χ3n) is 5.72. The quantitative estimate of drug-likeness (QED) is 0.519. The topological polar surface area (TPSA) is 119 Å². The molecule has 1 saturated heterocycles. The van der Waals surface area contributed by atoms with Gasteiger partial charge in [-0.3, -0.25) is 4.79 Å². The molecule has 34 heavy (non-hydrogen) atoms. The van der Waals surface area contributed by atoms with E-state index < -0.39 is 15.9 Å². The normalized spacial score (nSPS) is 16.8. The fraction of sp³-hybridized carbons (Fsp3) is 0.348. The van der Waals surface area contributed by atoms with E-state index in [4.69, 9.17) is 10.3 Å². The number of carbonyl (C=O) groups is 1. The maximum absolute atomic E-state index is 13.9. The van der Waals surface area contributed by atoms with Crippen LogP contribution < -0.4 is 5.73 Å². The molecule has 0 radical (unpaired) electrons. The van der Waals surface area contributed by atoms with Crippen LogP contribution in [-0.4, -0.2) is 48.2 Å². The molecule has 1 aliphatic rings. The van der Waals surface area contributed by atoms with Crippen LogP contribution in [0.15, 0.2) is 57.9 Å². The molecule has 1 amide bonds. The summed E-state index contributed by atoms with van der Waals surface area (Å²) in [6.45, 7) is 0.552. The van der Waals surface area contributed by atoms with Crippen LogP contribution in [0.25, 0.3) is 11.4 Å². The van der Waals surface area contributed by atoms with Gasteiger partial charge >= 0.3 is 0 Å². The lowest BCUT2D eigenvalue weighted by Gasteiger charge is -2.23. The minimum absolute atomic E-state index is 0. The lowest BCUT2D eigenvalue weighted by molar-refractivity contribution is -0.132. The Kier molecular flexibility index (Phi) is 8.06. The Balaban J connectivity index is 0.00000324. The summed E-state index contributed by atoms with van der Waals surface area (Å²) in [4.78, 5) is 19.3. The van der Waals surface area contributed by atoms with Crippen LogP contribution in [0.4, 0.5) is 4.39 Å². The maximum atomic E-state index is 13.9. The monoisotopic (exact) mass is 508 g/mol. The second-order valence-electron chi connectivity index (χ2n) is 8.26. The van der Waals surface area contributed by atoms with Gasteiger partial charge in [0, 0.05) is 30.8 Å². The van der Waals surface area contributed by atoms with Crippen LogP contribution in [-0.2, 0) is 21.1 Å². The molecule has 11 heteroatoms. The van der Waals surface area contributed by atoms with Gasteiger partial charge in [-0.1, -0.05) is 23.4 Å². The number of aromatic nitrogens is 2. The highest BCUT2D eigenvalue weighted by Gasteiger charge is 2.34. The van der Waals surface area contributed by atoms with Crippen molar-refractivity contribution in [2.45, 2.75) is 42.7 Å². The summed E-state index contributed by atoms with van der Waals surface area (Å²) in [5, 5.41) is 4.00. The average molecular weight is 509 g/mol. The molecule has 4 rings (SSSR count). The predicted molar refractivity (Wildman–Crippen MR) is 126 cm³/mol. The van der Waals surface area contributed by atoms with Crippen molar-refractivity contribution in [3.8, 4) is 11.4 Å². The Labute approximate surface area is 203 Å². The van der Waals surface area contributed by atoms with Crippen LogP contribution in [0, 0.1) is 5.82 Å². The first-order valence-electron chi connectivity index (χ1n) is 10.6. The first-order chi connectivity index (χ1) is 15.7. The second kappa shape index (κ2) is 10.6. The van der Waals surface area contributed by atoms with Gasteiger partial charge in [0.2, 0.25) is 17.6 Å². The number of rotatable bonds is 7. The maximum Gasteiger partial charge on any atom is 0.249 e. The third-order valence-corrected chi connectivity index (χ3v) is 6.85. The van der Waals surface area contributed by atoms with Crippen molar-refractivity contribution >= 4 is 28.2 Å². The number of hydrogen-bond acceptors (Lipinski definition) is 7. The summed E-state index contributed by atoms with van der Waals surface area (Å²) in [5.74, 6) is 0.173. The van der Waals surface area contributed by atoms with E-state index in [0.717, 1.165) is 12.7 Å². The molecule has 2 aromatic carbocycles. The predicted octanol–water partition coefficient (Wildman–Crippen LogP) is 3.32. The molecule has 8 nitrogen and oxygen atoms in total. The minimum Gasteiger partial charge on any atom is -0.337 e. The Morgan fingerprint density at radius 1 is 1.24 bits per heavy atom. The van der Waals surface area contributed by atoms with Gasteiger partial charge < -0.3 is 15.2 Å². The van der Waals surface area contributed by atoms with E-state index in [1.54, 1.807) is 35.2 Å². The van der Waals surface area contributed by atoms with Gasteiger partial charge in [-0.2, -0.15) is 4.98 Å². The van der Waals surface area contributed by atoms with E-state index in [-0.39, 0.29) is 47.9 Å². The number of likely N-dealkylation sites (tertiary alicyclic amines) is 1. The summed E-state index contributed by atoms with van der Waals surface area (Å²) in [5.41, 5.74) is 7.24. The summed E-state index contributed by atoms with van der Waals surface area (Å²) in [6, 6.07) is 11.7. The number of halogens is 2. The van der Waals surface area contributed by atoms with E-state index in [0.29, 0.717) is 35.8 Å². The summed E-state index contributed by atoms with van der Waals surface area (Å²) in [7, 11) is -3.30. The molecular weight excluding hydrogens is 483 g/mol. The molecule has 3 aromatic rings. The molecule has 0 saturated carbocycles. The second-order valence-corrected chi connectivity index (χ2v) is 10.3. The number of nitrogens with two attached hydrogens (primary N) is 1. The lowest BCUT2D eigenvalue weighted by Crippen LogP contribution is -2.36. The molecule has 2 N–H and O–H groups in total. The van der Waals surface area contributed by atoms with Crippen molar-refractivity contribution in [1.82, 2.24) is 15.0 Å². The molecule has 1 aromatic heterocycles. The van der Waals surface area contributed by atoms with Crippen LogP contribution >= 0.6 is 12.4 Å². The van der Waals surface area contributed by atoms with Gasteiger partial charge in [0.05, 0.1) is 4.90 Å². The number of nitrogens with zero attached hydrogens (tertiary/aromatic N) is 3. The van der Waals surface area contributed by atoms with Gasteiger partial charge in [0.1, 0.15) is 11.9 Å². The Bertz CT molecular complexity index is 1250. The van der Waals surface area contributed by atoms with Crippen molar-refractivity contribution in [3.05, 3.63) is 65.8 Å². The molecule has 0 aliphatic carbocycles. The third kappa shape index (κ3) is 5.81. The van der Waals surface area contributed by atoms with Crippen LogP contribution in [0.2, 0.25) is 0 Å². The molecule has 182 valence electrons. The summed E-state index contributed by atoms with van der Waals surface area (Å²) < 4.78 is 42.6. The Hall–Kier alpha value is -2.82. The van der Waals surface area contributed by atoms with E-state index in [1.165, 1.54) is 18.2 Å². The summed E-state index contributed by atoms with van der Waals surface area (Å²) in [6.07, 6.45) is 2.97. The molecule has 1 fully saturated rings. The van der Waals surface area contributed by atoms with E-state index >= 15 is 0 Å². The number of hydrogen-bond donors (Lipinski definition) is 1. The zero-order chi connectivity index (χ0) is 23.6. The van der Waals surface area contributed by atoms with Gasteiger partial charge in [0.15, 0.2) is 9.84 Å². The fourth-order valence-corrected chi connectivity index (χ4v) is 4.65. The van der Waals surface area contributed by atoms with Crippen molar-refractivity contribution in [2.75, 3.05) is 12.8 Å². The average Bonchev–Trinajstić information content (AvgIpc) is 3.44. The van der Waals surface area contributed by atoms with Crippen molar-refractivity contribution in [2.24, 2.45) is 5.73 Å². The van der Waals surface area contributed by atoms with Crippen LogP contribution in [0.3, 0.4) is 0 Å². The van der Waals surface area contributed by atoms with Crippen LogP contribution in [0.1, 0.15) is 36.8 Å². The number of amides is 1. The van der Waals surface area contributed by atoms with Gasteiger partial charge in [-0.25, -0.2) is 12.8 Å². The van der Waals surface area contributed by atoms with Crippen molar-refractivity contribution in [3.63, 3.8) is 0 Å². The zero-order valence-electron chi connectivity index (χ0n) is 18.6. The van der Waals surface area contributed by atoms with E-state index in [9.17, 15) is 17.6 Å². The highest BCUT2D eigenvalue weighted by molar-refractivity contribution is 7.90. The molecular formula is C23H26ClFN4O4S. The zero-order valence-corrected chi connectivity index (χ0v) is 20.2. The molecule has 0 spiro atoms. The van der Waals surface area contributed by atoms with Crippen molar-refractivity contribution < 1.29 is 22.1 Å². The van der Waals surface area contributed by atoms with Crippen molar-refractivity contribution in [1.29, 1.82) is 0 Å². The number of carbonyl (C=O) groups excluding carboxylic acids is 1.